The number of benzene rings is 2. The van der Waals surface area contributed by atoms with Crippen LogP contribution >= 0.6 is 22.9 Å². The zero-order chi connectivity index (χ0) is 14.2. The van der Waals surface area contributed by atoms with E-state index in [0.717, 1.165) is 21.8 Å². The van der Waals surface area contributed by atoms with Crippen molar-refractivity contribution in [1.29, 1.82) is 0 Å². The Hall–Kier alpha value is -1.95. The van der Waals surface area contributed by atoms with Gasteiger partial charge in [-0.2, -0.15) is 5.06 Å². The third kappa shape index (κ3) is 2.19. The standard InChI is InChI=1S/C15H10ClN3OS/c16-12-7-3-2-6-11(12)14-17-18-15(21-14)19-13-8-4-1-5-10(13)9-20-19/h1-8H,9H2. The molecule has 0 aliphatic carbocycles. The lowest BCUT2D eigenvalue weighted by molar-refractivity contribution is 0.145. The summed E-state index contributed by atoms with van der Waals surface area (Å²) in [5.41, 5.74) is 3.04. The lowest BCUT2D eigenvalue weighted by Crippen LogP contribution is -2.10. The van der Waals surface area contributed by atoms with E-state index in [-0.39, 0.29) is 0 Å². The van der Waals surface area contributed by atoms with Gasteiger partial charge < -0.3 is 0 Å². The number of hydrogen-bond donors (Lipinski definition) is 0. The lowest BCUT2D eigenvalue weighted by atomic mass is 10.2. The van der Waals surface area contributed by atoms with Crippen LogP contribution in [0.25, 0.3) is 10.6 Å². The average molecular weight is 316 g/mol. The third-order valence-electron chi connectivity index (χ3n) is 3.25. The number of nitrogens with zero attached hydrogens (tertiary/aromatic N) is 3. The third-order valence-corrected chi connectivity index (χ3v) is 4.51. The molecule has 4 nitrogen and oxygen atoms in total. The molecule has 0 N–H and O–H groups in total. The number of aromatic nitrogens is 2. The normalized spacial score (nSPS) is 13.5. The van der Waals surface area contributed by atoms with Crippen molar-refractivity contribution in [3.63, 3.8) is 0 Å². The number of para-hydroxylation sites is 1. The summed E-state index contributed by atoms with van der Waals surface area (Å²) in [5.74, 6) is 0. The van der Waals surface area contributed by atoms with E-state index in [1.807, 2.05) is 48.5 Å². The van der Waals surface area contributed by atoms with E-state index in [2.05, 4.69) is 10.2 Å². The quantitative estimate of drug-likeness (QED) is 0.700. The van der Waals surface area contributed by atoms with E-state index in [1.165, 1.54) is 11.3 Å². The SMILES string of the molecule is Clc1ccccc1-c1nnc(N2OCc3ccccc32)s1. The van der Waals surface area contributed by atoms with Crippen molar-refractivity contribution in [2.45, 2.75) is 6.61 Å². The second kappa shape index (κ2) is 5.11. The molecule has 21 heavy (non-hydrogen) atoms. The molecule has 0 unspecified atom stereocenters. The Labute approximate surface area is 130 Å². The first-order valence-electron chi connectivity index (χ1n) is 6.42. The fourth-order valence-corrected chi connectivity index (χ4v) is 3.37. The summed E-state index contributed by atoms with van der Waals surface area (Å²) >= 11 is 7.66. The Morgan fingerprint density at radius 1 is 1.05 bits per heavy atom. The van der Waals surface area contributed by atoms with Gasteiger partial charge in [0, 0.05) is 11.1 Å². The van der Waals surface area contributed by atoms with E-state index in [4.69, 9.17) is 16.4 Å². The van der Waals surface area contributed by atoms with E-state index in [1.54, 1.807) is 5.06 Å². The largest absolute Gasteiger partial charge is 0.261 e. The van der Waals surface area contributed by atoms with Gasteiger partial charge in [0.25, 0.3) is 0 Å². The number of rotatable bonds is 2. The summed E-state index contributed by atoms with van der Waals surface area (Å²) in [4.78, 5) is 5.70. The van der Waals surface area contributed by atoms with Gasteiger partial charge in [-0.3, -0.25) is 4.84 Å². The molecule has 2 aromatic carbocycles. The summed E-state index contributed by atoms with van der Waals surface area (Å²) in [5, 5.41) is 12.3. The molecule has 1 aliphatic heterocycles. The van der Waals surface area contributed by atoms with Crippen LogP contribution in [0, 0.1) is 0 Å². The highest BCUT2D eigenvalue weighted by Crippen LogP contribution is 2.39. The Morgan fingerprint density at radius 2 is 1.86 bits per heavy atom. The molecule has 0 amide bonds. The summed E-state index contributed by atoms with van der Waals surface area (Å²) in [6, 6.07) is 15.7. The van der Waals surface area contributed by atoms with Gasteiger partial charge in [0.2, 0.25) is 5.13 Å². The molecule has 2 heterocycles. The molecular weight excluding hydrogens is 306 g/mol. The molecule has 0 atom stereocenters. The van der Waals surface area contributed by atoms with Crippen LogP contribution in [0.5, 0.6) is 0 Å². The van der Waals surface area contributed by atoms with Gasteiger partial charge in [-0.15, -0.1) is 10.2 Å². The zero-order valence-corrected chi connectivity index (χ0v) is 12.4. The van der Waals surface area contributed by atoms with Crippen LogP contribution < -0.4 is 5.06 Å². The van der Waals surface area contributed by atoms with Crippen LogP contribution in [0.2, 0.25) is 5.02 Å². The first-order chi connectivity index (χ1) is 10.3. The maximum atomic E-state index is 6.20. The minimum absolute atomic E-state index is 0.553. The van der Waals surface area contributed by atoms with Gasteiger partial charge in [-0.05, 0) is 12.1 Å². The molecule has 1 aliphatic rings. The number of anilines is 2. The van der Waals surface area contributed by atoms with Crippen molar-refractivity contribution < 1.29 is 4.84 Å². The monoisotopic (exact) mass is 315 g/mol. The molecular formula is C15H10ClN3OS. The maximum absolute atomic E-state index is 6.20. The number of hydrogen-bond acceptors (Lipinski definition) is 5. The van der Waals surface area contributed by atoms with Crippen molar-refractivity contribution in [3.8, 4) is 10.6 Å². The Morgan fingerprint density at radius 3 is 2.76 bits per heavy atom. The number of fused-ring (bicyclic) bond motifs is 1. The minimum Gasteiger partial charge on any atom is -0.261 e. The predicted octanol–water partition coefficient (Wildman–Crippen LogP) is 4.44. The Bertz CT molecular complexity index is 805. The molecule has 1 aromatic heterocycles. The highest BCUT2D eigenvalue weighted by Gasteiger charge is 2.24. The second-order valence-electron chi connectivity index (χ2n) is 4.57. The molecule has 0 radical (unpaired) electrons. The fraction of sp³-hybridized carbons (Fsp3) is 0.0667. The zero-order valence-electron chi connectivity index (χ0n) is 10.9. The highest BCUT2D eigenvalue weighted by atomic mass is 35.5. The van der Waals surface area contributed by atoms with Crippen molar-refractivity contribution in [1.82, 2.24) is 10.2 Å². The van der Waals surface area contributed by atoms with Crippen LogP contribution in [0.1, 0.15) is 5.56 Å². The molecule has 0 saturated heterocycles. The molecule has 0 bridgehead atoms. The molecule has 3 aromatic rings. The van der Waals surface area contributed by atoms with Crippen molar-refractivity contribution in [2.75, 3.05) is 5.06 Å². The van der Waals surface area contributed by atoms with E-state index in [9.17, 15) is 0 Å². The van der Waals surface area contributed by atoms with Gasteiger partial charge in [0.1, 0.15) is 6.61 Å². The van der Waals surface area contributed by atoms with Crippen LogP contribution in [-0.4, -0.2) is 10.2 Å². The summed E-state index contributed by atoms with van der Waals surface area (Å²) in [6.07, 6.45) is 0. The Kier molecular flexibility index (Phi) is 3.11. The van der Waals surface area contributed by atoms with Crippen molar-refractivity contribution in [2.24, 2.45) is 0 Å². The second-order valence-corrected chi connectivity index (χ2v) is 5.93. The van der Waals surface area contributed by atoms with Crippen LogP contribution in [0.3, 0.4) is 0 Å². The van der Waals surface area contributed by atoms with Gasteiger partial charge in [0.15, 0.2) is 5.01 Å². The maximum Gasteiger partial charge on any atom is 0.237 e. The molecule has 4 rings (SSSR count). The topological polar surface area (TPSA) is 38.2 Å². The molecule has 0 saturated carbocycles. The first-order valence-corrected chi connectivity index (χ1v) is 7.62. The summed E-state index contributed by atoms with van der Waals surface area (Å²) in [7, 11) is 0. The van der Waals surface area contributed by atoms with Crippen LogP contribution in [0.4, 0.5) is 10.8 Å². The molecule has 0 spiro atoms. The fourth-order valence-electron chi connectivity index (χ4n) is 2.23. The van der Waals surface area contributed by atoms with Crippen LogP contribution in [-0.2, 0) is 11.4 Å². The smallest absolute Gasteiger partial charge is 0.237 e. The van der Waals surface area contributed by atoms with Gasteiger partial charge in [0.05, 0.1) is 10.7 Å². The predicted molar refractivity (Wildman–Crippen MR) is 83.7 cm³/mol. The molecule has 6 heteroatoms. The minimum atomic E-state index is 0.553. The van der Waals surface area contributed by atoms with E-state index < -0.39 is 0 Å². The van der Waals surface area contributed by atoms with Gasteiger partial charge in [-0.25, -0.2) is 0 Å². The molecule has 0 fully saturated rings. The average Bonchev–Trinajstić information content (AvgIpc) is 3.14. The summed E-state index contributed by atoms with van der Waals surface area (Å²) < 4.78 is 0. The van der Waals surface area contributed by atoms with Crippen molar-refractivity contribution >= 4 is 33.8 Å². The van der Waals surface area contributed by atoms with E-state index in [0.29, 0.717) is 16.8 Å². The van der Waals surface area contributed by atoms with Crippen molar-refractivity contribution in [3.05, 3.63) is 59.1 Å². The lowest BCUT2D eigenvalue weighted by Gasteiger charge is -2.12. The van der Waals surface area contributed by atoms with Crippen LogP contribution in [0.15, 0.2) is 48.5 Å². The van der Waals surface area contributed by atoms with E-state index >= 15 is 0 Å². The Balaban J connectivity index is 1.72. The first kappa shape index (κ1) is 12.8. The summed E-state index contributed by atoms with van der Waals surface area (Å²) in [6.45, 7) is 0.553. The number of halogens is 1. The molecule has 104 valence electrons. The van der Waals surface area contributed by atoms with Gasteiger partial charge >= 0.3 is 0 Å². The van der Waals surface area contributed by atoms with Gasteiger partial charge in [-0.1, -0.05) is 59.3 Å². The highest BCUT2D eigenvalue weighted by molar-refractivity contribution is 7.18.